The number of rotatable bonds is 4. The highest BCUT2D eigenvalue weighted by atomic mass is 16.5. The molecule has 1 N–H and O–H groups in total. The molecule has 7 nitrogen and oxygen atoms in total. The van der Waals surface area contributed by atoms with Crippen molar-refractivity contribution >= 4 is 17.5 Å². The maximum atomic E-state index is 5.96. The van der Waals surface area contributed by atoms with E-state index in [1.807, 2.05) is 63.4 Å². The van der Waals surface area contributed by atoms with Gasteiger partial charge in [-0.15, -0.1) is 0 Å². The van der Waals surface area contributed by atoms with Crippen molar-refractivity contribution in [1.82, 2.24) is 19.9 Å². The van der Waals surface area contributed by atoms with Crippen LogP contribution in [0, 0.1) is 20.8 Å². The van der Waals surface area contributed by atoms with E-state index in [-0.39, 0.29) is 6.10 Å². The maximum absolute atomic E-state index is 5.96. The topological polar surface area (TPSA) is 76.1 Å². The average Bonchev–Trinajstić information content (AvgIpc) is 2.68. The Morgan fingerprint density at radius 3 is 2.54 bits per heavy atom. The van der Waals surface area contributed by atoms with Crippen LogP contribution in [0.2, 0.25) is 0 Å². The van der Waals surface area contributed by atoms with Gasteiger partial charge in [-0.3, -0.25) is 4.98 Å². The fraction of sp³-hybridized carbons (Fsp3) is 0.333. The number of aryl methyl sites for hydroxylation is 3. The van der Waals surface area contributed by atoms with Gasteiger partial charge in [-0.25, -0.2) is 15.0 Å². The van der Waals surface area contributed by atoms with Crippen molar-refractivity contribution in [2.24, 2.45) is 0 Å². The molecular weight excluding hydrogens is 352 g/mol. The third-order valence-electron chi connectivity index (χ3n) is 4.60. The Morgan fingerprint density at radius 2 is 1.82 bits per heavy atom. The van der Waals surface area contributed by atoms with E-state index in [1.165, 1.54) is 0 Å². The van der Waals surface area contributed by atoms with Gasteiger partial charge in [0.15, 0.2) is 0 Å². The number of pyridine rings is 2. The van der Waals surface area contributed by atoms with Crippen LogP contribution in [-0.2, 0) is 4.74 Å². The summed E-state index contributed by atoms with van der Waals surface area (Å²) in [5.41, 5.74) is 4.72. The SMILES string of the molecule is Cc1cccc(Nc2ccc([C@@H]3CN(c4nc(C)cc(C)n4)CCO3)nc2)n1. The molecule has 3 aromatic rings. The number of nitrogens with zero attached hydrogens (tertiary/aromatic N) is 5. The van der Waals surface area contributed by atoms with Gasteiger partial charge in [0.25, 0.3) is 0 Å². The average molecular weight is 376 g/mol. The molecule has 1 atom stereocenters. The lowest BCUT2D eigenvalue weighted by Crippen LogP contribution is -2.39. The molecule has 1 fully saturated rings. The third-order valence-corrected chi connectivity index (χ3v) is 4.60. The molecule has 3 aromatic heterocycles. The molecule has 7 heteroatoms. The number of hydrogen-bond acceptors (Lipinski definition) is 7. The van der Waals surface area contributed by atoms with Crippen LogP contribution < -0.4 is 10.2 Å². The minimum Gasteiger partial charge on any atom is -0.368 e. The van der Waals surface area contributed by atoms with Crippen molar-refractivity contribution in [3.05, 3.63) is 65.4 Å². The smallest absolute Gasteiger partial charge is 0.225 e. The maximum Gasteiger partial charge on any atom is 0.225 e. The van der Waals surface area contributed by atoms with Gasteiger partial charge in [0, 0.05) is 23.6 Å². The number of anilines is 3. The van der Waals surface area contributed by atoms with Gasteiger partial charge in [0.2, 0.25) is 5.95 Å². The van der Waals surface area contributed by atoms with Crippen molar-refractivity contribution in [3.8, 4) is 0 Å². The van der Waals surface area contributed by atoms with E-state index in [0.717, 1.165) is 46.8 Å². The first-order valence-corrected chi connectivity index (χ1v) is 9.42. The second-order valence-electron chi connectivity index (χ2n) is 7.02. The molecule has 0 amide bonds. The molecule has 144 valence electrons. The third kappa shape index (κ3) is 4.26. The van der Waals surface area contributed by atoms with E-state index in [4.69, 9.17) is 4.74 Å². The molecule has 1 aliphatic heterocycles. The van der Waals surface area contributed by atoms with Crippen molar-refractivity contribution in [2.45, 2.75) is 26.9 Å². The number of aromatic nitrogens is 4. The zero-order valence-electron chi connectivity index (χ0n) is 16.4. The number of nitrogens with one attached hydrogen (secondary N) is 1. The lowest BCUT2D eigenvalue weighted by Gasteiger charge is -2.32. The summed E-state index contributed by atoms with van der Waals surface area (Å²) in [5.74, 6) is 1.57. The predicted octanol–water partition coefficient (Wildman–Crippen LogP) is 3.51. The Labute approximate surface area is 164 Å². The van der Waals surface area contributed by atoms with Crippen molar-refractivity contribution in [2.75, 3.05) is 29.9 Å². The molecule has 0 aromatic carbocycles. The van der Waals surface area contributed by atoms with Gasteiger partial charge < -0.3 is 15.0 Å². The summed E-state index contributed by atoms with van der Waals surface area (Å²) in [7, 11) is 0. The summed E-state index contributed by atoms with van der Waals surface area (Å²) >= 11 is 0. The molecule has 0 saturated carbocycles. The molecule has 0 radical (unpaired) electrons. The Hall–Kier alpha value is -3.06. The van der Waals surface area contributed by atoms with Gasteiger partial charge in [-0.05, 0) is 51.1 Å². The van der Waals surface area contributed by atoms with E-state index in [0.29, 0.717) is 13.2 Å². The van der Waals surface area contributed by atoms with Gasteiger partial charge in [0.05, 0.1) is 30.7 Å². The summed E-state index contributed by atoms with van der Waals surface area (Å²) in [5, 5.41) is 3.28. The van der Waals surface area contributed by atoms with Crippen LogP contribution in [0.1, 0.15) is 28.9 Å². The molecule has 0 unspecified atom stereocenters. The molecule has 28 heavy (non-hydrogen) atoms. The minimum atomic E-state index is -0.107. The molecule has 1 saturated heterocycles. The van der Waals surface area contributed by atoms with E-state index >= 15 is 0 Å². The molecule has 1 aliphatic rings. The molecule has 4 heterocycles. The monoisotopic (exact) mass is 376 g/mol. The van der Waals surface area contributed by atoms with Crippen molar-refractivity contribution in [1.29, 1.82) is 0 Å². The quantitative estimate of drug-likeness (QED) is 0.747. The van der Waals surface area contributed by atoms with E-state index < -0.39 is 0 Å². The number of ether oxygens (including phenoxy) is 1. The molecule has 0 aliphatic carbocycles. The first kappa shape index (κ1) is 18.3. The normalized spacial score (nSPS) is 16.8. The first-order valence-electron chi connectivity index (χ1n) is 9.42. The van der Waals surface area contributed by atoms with Crippen LogP contribution in [0.15, 0.2) is 42.6 Å². The summed E-state index contributed by atoms with van der Waals surface area (Å²) in [6.07, 6.45) is 1.71. The molecule has 4 rings (SSSR count). The Morgan fingerprint density at radius 1 is 1.00 bits per heavy atom. The Kier molecular flexibility index (Phi) is 5.16. The summed E-state index contributed by atoms with van der Waals surface area (Å²) in [6, 6.07) is 11.9. The van der Waals surface area contributed by atoms with Crippen molar-refractivity contribution in [3.63, 3.8) is 0 Å². The summed E-state index contributed by atoms with van der Waals surface area (Å²) in [6.45, 7) is 8.03. The van der Waals surface area contributed by atoms with E-state index in [1.54, 1.807) is 0 Å². The molecular formula is C21H24N6O. The summed E-state index contributed by atoms with van der Waals surface area (Å²) in [4.78, 5) is 20.4. The van der Waals surface area contributed by atoms with E-state index in [9.17, 15) is 0 Å². The van der Waals surface area contributed by atoms with Crippen LogP contribution >= 0.6 is 0 Å². The Balaban J connectivity index is 1.46. The largest absolute Gasteiger partial charge is 0.368 e. The van der Waals surface area contributed by atoms with Crippen molar-refractivity contribution < 1.29 is 4.74 Å². The van der Waals surface area contributed by atoms with Gasteiger partial charge in [-0.2, -0.15) is 0 Å². The van der Waals surface area contributed by atoms with Crippen LogP contribution in [0.5, 0.6) is 0 Å². The lowest BCUT2D eigenvalue weighted by atomic mass is 10.2. The lowest BCUT2D eigenvalue weighted by molar-refractivity contribution is 0.0365. The minimum absolute atomic E-state index is 0.107. The van der Waals surface area contributed by atoms with Crippen LogP contribution in [0.4, 0.5) is 17.5 Å². The highest BCUT2D eigenvalue weighted by Crippen LogP contribution is 2.24. The van der Waals surface area contributed by atoms with Gasteiger partial charge in [-0.1, -0.05) is 6.07 Å². The fourth-order valence-electron chi connectivity index (χ4n) is 3.29. The molecule has 0 spiro atoms. The van der Waals surface area contributed by atoms with Gasteiger partial charge in [0.1, 0.15) is 11.9 Å². The van der Waals surface area contributed by atoms with Crippen LogP contribution in [0.25, 0.3) is 0 Å². The fourth-order valence-corrected chi connectivity index (χ4v) is 3.29. The standard InChI is InChI=1S/C21H24N6O/c1-14-5-4-6-20(23-14)26-17-7-8-18(22-12-17)19-13-27(9-10-28-19)21-24-15(2)11-16(3)25-21/h4-8,11-12,19H,9-10,13H2,1-3H3,(H,23,26)/t19-/m0/s1. The van der Waals surface area contributed by atoms with Crippen LogP contribution in [-0.4, -0.2) is 39.6 Å². The Bertz CT molecular complexity index is 939. The number of hydrogen-bond donors (Lipinski definition) is 1. The predicted molar refractivity (Wildman–Crippen MR) is 109 cm³/mol. The van der Waals surface area contributed by atoms with Crippen LogP contribution in [0.3, 0.4) is 0 Å². The number of morpholine rings is 1. The second-order valence-corrected chi connectivity index (χ2v) is 7.02. The zero-order chi connectivity index (χ0) is 19.5. The highest BCUT2D eigenvalue weighted by molar-refractivity contribution is 5.55. The highest BCUT2D eigenvalue weighted by Gasteiger charge is 2.25. The van der Waals surface area contributed by atoms with Gasteiger partial charge >= 0.3 is 0 Å². The first-order chi connectivity index (χ1) is 13.6. The molecule has 0 bridgehead atoms. The second kappa shape index (κ2) is 7.90. The van der Waals surface area contributed by atoms with E-state index in [2.05, 4.69) is 30.2 Å². The summed E-state index contributed by atoms with van der Waals surface area (Å²) < 4.78 is 5.96. The zero-order valence-corrected chi connectivity index (χ0v) is 16.4.